The Morgan fingerprint density at radius 2 is 2.00 bits per heavy atom. The predicted molar refractivity (Wildman–Crippen MR) is 111 cm³/mol. The van der Waals surface area contributed by atoms with Gasteiger partial charge in [-0.15, -0.1) is 0 Å². The third-order valence-corrected chi connectivity index (χ3v) is 4.40. The number of nitrogens with one attached hydrogen (secondary N) is 1. The number of hydrogen-bond donors (Lipinski definition) is 1. The molecule has 1 aromatic heterocycles. The third kappa shape index (κ3) is 5.28. The molecule has 0 spiro atoms. The first kappa shape index (κ1) is 19.3. The summed E-state index contributed by atoms with van der Waals surface area (Å²) in [6.45, 7) is 3.92. The third-order valence-electron chi connectivity index (χ3n) is 3.84. The number of ether oxygens (including phenoxy) is 1. The first-order valence-corrected chi connectivity index (χ1v) is 9.52. The lowest BCUT2D eigenvalue weighted by Gasteiger charge is -2.11. The van der Waals surface area contributed by atoms with Gasteiger partial charge in [0.25, 0.3) is 0 Å². The van der Waals surface area contributed by atoms with Gasteiger partial charge in [-0.2, -0.15) is 14.9 Å². The number of nitrogens with zero attached hydrogens (tertiary/aromatic N) is 3. The molecule has 27 heavy (non-hydrogen) atoms. The van der Waals surface area contributed by atoms with Crippen LogP contribution < -0.4 is 4.74 Å². The van der Waals surface area contributed by atoms with Crippen molar-refractivity contribution in [2.75, 3.05) is 0 Å². The molecule has 3 aromatic rings. The molecule has 0 atom stereocenters. The number of H-pyrrole nitrogens is 1. The van der Waals surface area contributed by atoms with Crippen LogP contribution in [0.15, 0.2) is 53.6 Å². The number of halogens is 1. The topological polar surface area (TPSA) is 55.2 Å². The minimum Gasteiger partial charge on any atom is -0.489 e. The molecule has 3 rings (SSSR count). The van der Waals surface area contributed by atoms with E-state index in [1.54, 1.807) is 10.9 Å². The van der Waals surface area contributed by atoms with Gasteiger partial charge in [0.05, 0.1) is 17.3 Å². The molecule has 5 nitrogen and oxygen atoms in total. The standard InChI is InChI=1S/C20H21ClN4OS/c1-14(2)26-18-10-8-16(12-17(18)21)13-22-25-19(23-24-20(25)27)11-9-15-6-4-3-5-7-15/h3-8,10,12-14H,9,11H2,1-2H3,(H,24,27)/b22-13-. The quantitative estimate of drug-likeness (QED) is 0.446. The Kier molecular flexibility index (Phi) is 6.42. The molecule has 0 bridgehead atoms. The highest BCUT2D eigenvalue weighted by Gasteiger charge is 2.07. The SMILES string of the molecule is CC(C)Oc1ccc(/C=N\n2c(CCc3ccccc3)n[nH]c2=S)cc1Cl. The van der Waals surface area contributed by atoms with Gasteiger partial charge in [-0.1, -0.05) is 41.9 Å². The van der Waals surface area contributed by atoms with E-state index in [4.69, 9.17) is 28.6 Å². The average molecular weight is 401 g/mol. The molecule has 0 saturated heterocycles. The van der Waals surface area contributed by atoms with E-state index in [-0.39, 0.29) is 6.10 Å². The van der Waals surface area contributed by atoms with Crippen LogP contribution in [0.2, 0.25) is 5.02 Å². The van der Waals surface area contributed by atoms with Gasteiger partial charge in [-0.05, 0) is 61.8 Å². The van der Waals surface area contributed by atoms with E-state index in [0.717, 1.165) is 24.2 Å². The zero-order chi connectivity index (χ0) is 19.2. The molecule has 0 unspecified atom stereocenters. The van der Waals surface area contributed by atoms with E-state index >= 15 is 0 Å². The zero-order valence-corrected chi connectivity index (χ0v) is 16.8. The van der Waals surface area contributed by atoms with Gasteiger partial charge >= 0.3 is 0 Å². The monoisotopic (exact) mass is 400 g/mol. The van der Waals surface area contributed by atoms with Crippen LogP contribution >= 0.6 is 23.8 Å². The van der Waals surface area contributed by atoms with Crippen molar-refractivity contribution >= 4 is 30.0 Å². The Labute approximate surface area is 168 Å². The fourth-order valence-corrected chi connectivity index (χ4v) is 3.01. The summed E-state index contributed by atoms with van der Waals surface area (Å²) in [5, 5.41) is 12.1. The van der Waals surface area contributed by atoms with Crippen LogP contribution in [0, 0.1) is 4.77 Å². The van der Waals surface area contributed by atoms with Gasteiger partial charge in [0.2, 0.25) is 4.77 Å². The van der Waals surface area contributed by atoms with Gasteiger partial charge in [-0.25, -0.2) is 0 Å². The van der Waals surface area contributed by atoms with Crippen LogP contribution in [0.4, 0.5) is 0 Å². The number of hydrogen-bond acceptors (Lipinski definition) is 4. The average Bonchev–Trinajstić information content (AvgIpc) is 3.00. The van der Waals surface area contributed by atoms with Gasteiger partial charge in [0, 0.05) is 6.42 Å². The largest absolute Gasteiger partial charge is 0.489 e. The number of aromatic nitrogens is 3. The number of aromatic amines is 1. The molecule has 0 saturated carbocycles. The maximum atomic E-state index is 6.28. The maximum Gasteiger partial charge on any atom is 0.216 e. The first-order chi connectivity index (χ1) is 13.0. The predicted octanol–water partition coefficient (Wildman–Crippen LogP) is 5.05. The Balaban J connectivity index is 1.74. The van der Waals surface area contributed by atoms with Crippen molar-refractivity contribution in [3.63, 3.8) is 0 Å². The molecule has 140 valence electrons. The van der Waals surface area contributed by atoms with Crippen LogP contribution in [0.3, 0.4) is 0 Å². The van der Waals surface area contributed by atoms with E-state index in [9.17, 15) is 0 Å². The van der Waals surface area contributed by atoms with Crippen molar-refractivity contribution < 1.29 is 4.74 Å². The summed E-state index contributed by atoms with van der Waals surface area (Å²) in [7, 11) is 0. The Hall–Kier alpha value is -2.44. The molecule has 1 heterocycles. The highest BCUT2D eigenvalue weighted by atomic mass is 35.5. The number of benzene rings is 2. The highest BCUT2D eigenvalue weighted by molar-refractivity contribution is 7.71. The molecule has 7 heteroatoms. The first-order valence-electron chi connectivity index (χ1n) is 8.73. The molecular weight excluding hydrogens is 380 g/mol. The van der Waals surface area contributed by atoms with E-state index in [2.05, 4.69) is 27.4 Å². The van der Waals surface area contributed by atoms with Gasteiger partial charge in [0.1, 0.15) is 5.75 Å². The summed E-state index contributed by atoms with van der Waals surface area (Å²) < 4.78 is 7.75. The maximum absolute atomic E-state index is 6.28. The lowest BCUT2D eigenvalue weighted by Crippen LogP contribution is -2.06. The summed E-state index contributed by atoms with van der Waals surface area (Å²) in [6, 6.07) is 15.8. The molecular formula is C20H21ClN4OS. The minimum absolute atomic E-state index is 0.0680. The Morgan fingerprint density at radius 1 is 1.22 bits per heavy atom. The van der Waals surface area contributed by atoms with Gasteiger partial charge in [-0.3, -0.25) is 5.10 Å². The van der Waals surface area contributed by atoms with Crippen molar-refractivity contribution in [3.8, 4) is 5.75 Å². The Bertz CT molecular complexity index is 979. The fraction of sp³-hybridized carbons (Fsp3) is 0.250. The summed E-state index contributed by atoms with van der Waals surface area (Å²) in [4.78, 5) is 0. The van der Waals surface area contributed by atoms with E-state index in [0.29, 0.717) is 15.5 Å². The molecule has 0 radical (unpaired) electrons. The van der Waals surface area contributed by atoms with Crippen molar-refractivity contribution in [1.82, 2.24) is 14.9 Å². The normalized spacial score (nSPS) is 11.4. The highest BCUT2D eigenvalue weighted by Crippen LogP contribution is 2.25. The van der Waals surface area contributed by atoms with Crippen molar-refractivity contribution in [3.05, 3.63) is 75.3 Å². The lowest BCUT2D eigenvalue weighted by molar-refractivity contribution is 0.242. The summed E-state index contributed by atoms with van der Waals surface area (Å²) >= 11 is 11.6. The van der Waals surface area contributed by atoms with Crippen LogP contribution in [0.5, 0.6) is 5.75 Å². The van der Waals surface area contributed by atoms with Gasteiger partial charge < -0.3 is 4.74 Å². The van der Waals surface area contributed by atoms with Gasteiger partial charge in [0.15, 0.2) is 5.82 Å². The van der Waals surface area contributed by atoms with Crippen LogP contribution in [0.25, 0.3) is 0 Å². The second-order valence-corrected chi connectivity index (χ2v) is 7.14. The van der Waals surface area contributed by atoms with E-state index in [1.807, 2.05) is 50.2 Å². The molecule has 0 aliphatic heterocycles. The molecule has 2 aromatic carbocycles. The molecule has 0 fully saturated rings. The van der Waals surface area contributed by atoms with Crippen molar-refractivity contribution in [2.24, 2.45) is 5.10 Å². The molecule has 0 amide bonds. The summed E-state index contributed by atoms with van der Waals surface area (Å²) in [5.74, 6) is 1.44. The van der Waals surface area contributed by atoms with Crippen LogP contribution in [-0.4, -0.2) is 27.2 Å². The number of rotatable bonds is 7. The smallest absolute Gasteiger partial charge is 0.216 e. The van der Waals surface area contributed by atoms with Crippen molar-refractivity contribution in [2.45, 2.75) is 32.8 Å². The van der Waals surface area contributed by atoms with E-state index in [1.165, 1.54) is 5.56 Å². The van der Waals surface area contributed by atoms with Crippen LogP contribution in [0.1, 0.15) is 30.8 Å². The lowest BCUT2D eigenvalue weighted by atomic mass is 10.1. The molecule has 0 aliphatic rings. The molecule has 1 N–H and O–H groups in total. The molecule has 0 aliphatic carbocycles. The fourth-order valence-electron chi connectivity index (χ4n) is 2.58. The van der Waals surface area contributed by atoms with Crippen molar-refractivity contribution in [1.29, 1.82) is 0 Å². The minimum atomic E-state index is 0.0680. The Morgan fingerprint density at radius 3 is 2.70 bits per heavy atom. The summed E-state index contributed by atoms with van der Waals surface area (Å²) in [5.41, 5.74) is 2.10. The second-order valence-electron chi connectivity index (χ2n) is 6.34. The summed E-state index contributed by atoms with van der Waals surface area (Å²) in [6.07, 6.45) is 3.38. The van der Waals surface area contributed by atoms with E-state index < -0.39 is 0 Å². The number of aryl methyl sites for hydroxylation is 2. The van der Waals surface area contributed by atoms with Crippen LogP contribution in [-0.2, 0) is 12.8 Å². The zero-order valence-electron chi connectivity index (χ0n) is 15.2. The second kappa shape index (κ2) is 8.97.